The Labute approximate surface area is 305 Å². The Kier molecular flexibility index (Phi) is 17.3. The number of ether oxygens (including phenoxy) is 4. The van der Waals surface area contributed by atoms with Gasteiger partial charge in [0.1, 0.15) is 12.7 Å². The Bertz CT molecular complexity index is 1320. The maximum absolute atomic E-state index is 13.0. The van der Waals surface area contributed by atoms with E-state index in [0.29, 0.717) is 43.1 Å². The number of aliphatic hydroxyl groups is 3. The molecule has 0 aromatic rings. The molecule has 2 unspecified atom stereocenters. The van der Waals surface area contributed by atoms with E-state index >= 15 is 0 Å². The van der Waals surface area contributed by atoms with E-state index in [9.17, 15) is 24.9 Å². The summed E-state index contributed by atoms with van der Waals surface area (Å²) in [5, 5.41) is 31.1. The third-order valence-electron chi connectivity index (χ3n) is 10.3. The van der Waals surface area contributed by atoms with Gasteiger partial charge in [0.2, 0.25) is 0 Å². The lowest BCUT2D eigenvalue weighted by Crippen LogP contribution is -2.55. The van der Waals surface area contributed by atoms with E-state index in [1.54, 1.807) is 18.2 Å². The molecule has 9 heteroatoms. The summed E-state index contributed by atoms with van der Waals surface area (Å²) in [6, 6.07) is 0. The molecule has 0 radical (unpaired) electrons. The van der Waals surface area contributed by atoms with E-state index in [-0.39, 0.29) is 43.9 Å². The minimum absolute atomic E-state index is 0.00816. The molecule has 0 aromatic carbocycles. The second-order valence-corrected chi connectivity index (χ2v) is 15.2. The minimum atomic E-state index is -1.39. The lowest BCUT2D eigenvalue weighted by Gasteiger charge is -2.47. The highest BCUT2D eigenvalue weighted by Gasteiger charge is 2.49. The van der Waals surface area contributed by atoms with Crippen molar-refractivity contribution in [3.8, 4) is 0 Å². The predicted molar refractivity (Wildman–Crippen MR) is 199 cm³/mol. The van der Waals surface area contributed by atoms with Crippen LogP contribution in [0.15, 0.2) is 84.6 Å². The molecule has 0 aliphatic carbocycles. The van der Waals surface area contributed by atoms with Crippen LogP contribution in [-0.4, -0.2) is 83.2 Å². The normalized spacial score (nSPS) is 35.5. The Morgan fingerprint density at radius 3 is 2.57 bits per heavy atom. The average Bonchev–Trinajstić information content (AvgIpc) is 3.07. The molecule has 2 saturated heterocycles. The molecule has 3 heterocycles. The molecule has 9 nitrogen and oxygen atoms in total. The second-order valence-electron chi connectivity index (χ2n) is 15.2. The summed E-state index contributed by atoms with van der Waals surface area (Å²) >= 11 is 0. The molecule has 0 amide bonds. The van der Waals surface area contributed by atoms with Crippen molar-refractivity contribution in [1.82, 2.24) is 0 Å². The zero-order chi connectivity index (χ0) is 37.6. The largest absolute Gasteiger partial charge is 0.459 e. The van der Waals surface area contributed by atoms with Crippen LogP contribution in [0.25, 0.3) is 0 Å². The van der Waals surface area contributed by atoms with Gasteiger partial charge in [0.15, 0.2) is 6.10 Å². The lowest BCUT2D eigenvalue weighted by molar-refractivity contribution is -0.198. The van der Waals surface area contributed by atoms with Gasteiger partial charge in [0.25, 0.3) is 0 Å². The van der Waals surface area contributed by atoms with Crippen molar-refractivity contribution in [2.75, 3.05) is 13.2 Å². The van der Waals surface area contributed by atoms with Gasteiger partial charge in [-0.25, -0.2) is 9.59 Å². The Balaban J connectivity index is 1.71. The van der Waals surface area contributed by atoms with Gasteiger partial charge < -0.3 is 34.3 Å². The molecule has 4 bridgehead atoms. The number of rotatable bonds is 11. The third-order valence-corrected chi connectivity index (χ3v) is 10.3. The number of carbonyl (C=O) groups is 2. The van der Waals surface area contributed by atoms with Crippen molar-refractivity contribution in [2.24, 2.45) is 23.2 Å². The van der Waals surface area contributed by atoms with Crippen LogP contribution in [0.5, 0.6) is 0 Å². The molecule has 2 fully saturated rings. The highest BCUT2D eigenvalue weighted by Crippen LogP contribution is 2.41. The SMILES string of the molecule is C=C(COC(=O)C(O)C/C=C\C[C@@H]1O[C@@H]2/C=C/C/C=C/C(C)=C\[C@H]3O[C@@H](C/C=C/C=C/C(=O)O[C@H](C2)[C@@]1(C)CO)C[C@H](C)[C@H]3C)C(O)CC(C)C. The first-order chi connectivity index (χ1) is 24.2. The van der Waals surface area contributed by atoms with Crippen LogP contribution in [0.3, 0.4) is 0 Å². The summed E-state index contributed by atoms with van der Waals surface area (Å²) in [6.45, 7) is 15.8. The van der Waals surface area contributed by atoms with Gasteiger partial charge in [-0.1, -0.05) is 108 Å². The monoisotopic (exact) mass is 710 g/mol. The van der Waals surface area contributed by atoms with E-state index < -0.39 is 41.8 Å². The first-order valence-corrected chi connectivity index (χ1v) is 18.6. The van der Waals surface area contributed by atoms with Crippen molar-refractivity contribution in [3.63, 3.8) is 0 Å². The Hall–Kier alpha value is -3.08. The van der Waals surface area contributed by atoms with Crippen molar-refractivity contribution in [3.05, 3.63) is 84.6 Å². The van der Waals surface area contributed by atoms with Gasteiger partial charge >= 0.3 is 11.9 Å². The first kappa shape index (κ1) is 42.3. The predicted octanol–water partition coefficient (Wildman–Crippen LogP) is 6.65. The second kappa shape index (κ2) is 20.8. The van der Waals surface area contributed by atoms with Crippen LogP contribution in [0.1, 0.15) is 86.5 Å². The van der Waals surface area contributed by atoms with Gasteiger partial charge in [-0.05, 0) is 62.4 Å². The lowest BCUT2D eigenvalue weighted by atomic mass is 9.73. The first-order valence-electron chi connectivity index (χ1n) is 18.6. The summed E-state index contributed by atoms with van der Waals surface area (Å²) < 4.78 is 24.1. The quantitative estimate of drug-likeness (QED) is 0.159. The molecular formula is C42H62O9. The van der Waals surface area contributed by atoms with Crippen molar-refractivity contribution in [2.45, 2.75) is 129 Å². The van der Waals surface area contributed by atoms with E-state index in [2.05, 4.69) is 45.6 Å². The van der Waals surface area contributed by atoms with Crippen LogP contribution in [0, 0.1) is 23.2 Å². The Morgan fingerprint density at radius 2 is 1.84 bits per heavy atom. The summed E-state index contributed by atoms with van der Waals surface area (Å²) in [6.07, 6.45) is 20.9. The molecule has 3 rings (SSSR count). The maximum Gasteiger partial charge on any atom is 0.335 e. The summed E-state index contributed by atoms with van der Waals surface area (Å²) in [5.74, 6) is -0.100. The highest BCUT2D eigenvalue weighted by molar-refractivity contribution is 5.82. The third kappa shape index (κ3) is 13.4. The van der Waals surface area contributed by atoms with Crippen molar-refractivity contribution < 1.29 is 43.9 Å². The molecule has 0 saturated carbocycles. The molecule has 0 aromatic heterocycles. The van der Waals surface area contributed by atoms with Crippen LogP contribution in [0.4, 0.5) is 0 Å². The average molecular weight is 711 g/mol. The molecule has 3 aliphatic heterocycles. The number of allylic oxidation sites excluding steroid dienone is 6. The van der Waals surface area contributed by atoms with Crippen LogP contribution >= 0.6 is 0 Å². The van der Waals surface area contributed by atoms with Gasteiger partial charge in [0, 0.05) is 18.9 Å². The van der Waals surface area contributed by atoms with Crippen LogP contribution in [-0.2, 0) is 28.5 Å². The fourth-order valence-corrected chi connectivity index (χ4v) is 6.65. The molecule has 284 valence electrons. The fraction of sp³-hybridized carbons (Fsp3) is 0.619. The maximum atomic E-state index is 13.0. The summed E-state index contributed by atoms with van der Waals surface area (Å²) in [5.41, 5.74) is 0.620. The van der Waals surface area contributed by atoms with Crippen molar-refractivity contribution in [1.29, 1.82) is 0 Å². The minimum Gasteiger partial charge on any atom is -0.459 e. The summed E-state index contributed by atoms with van der Waals surface area (Å²) in [7, 11) is 0. The topological polar surface area (TPSA) is 132 Å². The zero-order valence-corrected chi connectivity index (χ0v) is 31.5. The van der Waals surface area contributed by atoms with Gasteiger partial charge in [0.05, 0.1) is 42.5 Å². The number of hydrogen-bond acceptors (Lipinski definition) is 9. The molecular weight excluding hydrogens is 648 g/mol. The molecule has 10 atom stereocenters. The zero-order valence-electron chi connectivity index (χ0n) is 31.5. The number of fused-ring (bicyclic) bond motifs is 4. The van der Waals surface area contributed by atoms with Gasteiger partial charge in [-0.2, -0.15) is 0 Å². The van der Waals surface area contributed by atoms with E-state index in [4.69, 9.17) is 18.9 Å². The molecule has 0 spiro atoms. The smallest absolute Gasteiger partial charge is 0.335 e. The molecule has 3 N–H and O–H groups in total. The van der Waals surface area contributed by atoms with Crippen LogP contribution in [0.2, 0.25) is 0 Å². The van der Waals surface area contributed by atoms with E-state index in [0.717, 1.165) is 18.4 Å². The fourth-order valence-electron chi connectivity index (χ4n) is 6.65. The summed E-state index contributed by atoms with van der Waals surface area (Å²) in [4.78, 5) is 25.4. The Morgan fingerprint density at radius 1 is 1.08 bits per heavy atom. The van der Waals surface area contributed by atoms with Crippen molar-refractivity contribution >= 4 is 11.9 Å². The van der Waals surface area contributed by atoms with Gasteiger partial charge in [-0.3, -0.25) is 0 Å². The standard InChI is InChI=1S/C42H62O9/c1-28(2)22-36(45)31(5)26-48-41(47)35(44)19-14-15-20-38-42(7,27-43)39-25-34(50-38)18-11-8-10-16-29(3)23-37-32(6)30(4)24-33(49-37)17-12-9-13-21-40(46)51-39/h9-16,18,21,23,28,30,32-39,43-45H,5,8,17,19-20,22,24-27H2,1-4,6-7H3/b12-9+,15-14-,16-10+,18-11+,21-13+,29-23-/t30-,32+,33-,34+,35?,36?,37+,38-,39+,42-/m0/s1. The van der Waals surface area contributed by atoms with Crippen LogP contribution < -0.4 is 0 Å². The van der Waals surface area contributed by atoms with E-state index in [1.807, 2.05) is 45.1 Å². The molecule has 3 aliphatic rings. The molecule has 51 heavy (non-hydrogen) atoms. The number of hydrogen-bond donors (Lipinski definition) is 3. The number of esters is 2. The van der Waals surface area contributed by atoms with E-state index in [1.165, 1.54) is 6.08 Å². The highest BCUT2D eigenvalue weighted by atomic mass is 16.6. The number of carbonyl (C=O) groups excluding carboxylic acids is 2. The van der Waals surface area contributed by atoms with Gasteiger partial charge in [-0.15, -0.1) is 0 Å². The number of aliphatic hydroxyl groups excluding tert-OH is 3.